The summed E-state index contributed by atoms with van der Waals surface area (Å²) in [5.41, 5.74) is 5.63. The lowest BCUT2D eigenvalue weighted by Gasteiger charge is -2.17. The maximum atomic E-state index is 6.22. The normalized spacial score (nSPS) is 10.8. The second kappa shape index (κ2) is 7.83. The first-order valence-corrected chi connectivity index (χ1v) is 9.27. The number of thiocarbonyl (C=S) groups is 1. The highest BCUT2D eigenvalue weighted by molar-refractivity contribution is 7.80. The molecule has 134 valence electrons. The lowest BCUT2D eigenvalue weighted by atomic mass is 10.0. The van der Waals surface area contributed by atoms with Crippen molar-refractivity contribution in [2.45, 2.75) is 40.7 Å². The number of aromatic nitrogens is 1. The van der Waals surface area contributed by atoms with E-state index in [-0.39, 0.29) is 0 Å². The number of anilines is 1. The van der Waals surface area contributed by atoms with E-state index < -0.39 is 0 Å². The molecule has 0 saturated carbocycles. The summed E-state index contributed by atoms with van der Waals surface area (Å²) >= 11 is 5.33. The smallest absolute Gasteiger partial charge is 0.127 e. The summed E-state index contributed by atoms with van der Waals surface area (Å²) in [6.07, 6.45) is 2.72. The summed E-state index contributed by atoms with van der Waals surface area (Å²) in [7, 11) is 0. The molecule has 0 aliphatic rings. The predicted molar refractivity (Wildman–Crippen MR) is 113 cm³/mol. The van der Waals surface area contributed by atoms with Crippen LogP contribution in [0.2, 0.25) is 0 Å². The molecule has 0 aliphatic heterocycles. The van der Waals surface area contributed by atoms with Crippen LogP contribution < -0.4 is 10.1 Å². The largest absolute Gasteiger partial charge is 0.488 e. The zero-order valence-corrected chi connectivity index (χ0v) is 16.5. The Balaban J connectivity index is 1.89. The van der Waals surface area contributed by atoms with Gasteiger partial charge in [0.25, 0.3) is 0 Å². The zero-order valence-electron chi connectivity index (χ0n) is 15.7. The lowest BCUT2D eigenvalue weighted by Crippen LogP contribution is -2.10. The molecule has 0 unspecified atom stereocenters. The Morgan fingerprint density at radius 3 is 2.73 bits per heavy atom. The maximum Gasteiger partial charge on any atom is 0.127 e. The predicted octanol–water partition coefficient (Wildman–Crippen LogP) is 5.89. The standard InChI is InChI=1S/C22H24N2OS/c1-5-22(26)24-20-10-9-14(2)19(16(20)4)13-25-21-8-6-7-17-12-23-15(3)11-18(17)21/h6-12H,5,13H2,1-4H3,(H,24,26). The van der Waals surface area contributed by atoms with Gasteiger partial charge in [0, 0.05) is 28.4 Å². The van der Waals surface area contributed by atoms with Crippen LogP contribution in [-0.2, 0) is 6.61 Å². The average Bonchev–Trinajstić information content (AvgIpc) is 2.64. The van der Waals surface area contributed by atoms with Crippen molar-refractivity contribution in [2.24, 2.45) is 0 Å². The van der Waals surface area contributed by atoms with Crippen molar-refractivity contribution < 1.29 is 4.74 Å². The van der Waals surface area contributed by atoms with E-state index in [4.69, 9.17) is 17.0 Å². The van der Waals surface area contributed by atoms with Gasteiger partial charge in [-0.15, -0.1) is 0 Å². The monoisotopic (exact) mass is 364 g/mol. The number of nitrogens with zero attached hydrogens (tertiary/aromatic N) is 1. The van der Waals surface area contributed by atoms with Crippen molar-refractivity contribution in [3.63, 3.8) is 0 Å². The van der Waals surface area contributed by atoms with Gasteiger partial charge in [-0.2, -0.15) is 0 Å². The third-order valence-corrected chi connectivity index (χ3v) is 5.05. The number of ether oxygens (including phenoxy) is 1. The molecule has 3 rings (SSSR count). The Kier molecular flexibility index (Phi) is 5.52. The van der Waals surface area contributed by atoms with Crippen molar-refractivity contribution in [2.75, 3.05) is 5.32 Å². The summed E-state index contributed by atoms with van der Waals surface area (Å²) in [5, 5.41) is 5.51. The Labute approximate surface area is 160 Å². The molecule has 0 fully saturated rings. The van der Waals surface area contributed by atoms with Crippen molar-refractivity contribution >= 4 is 33.7 Å². The summed E-state index contributed by atoms with van der Waals surface area (Å²) in [6, 6.07) is 12.3. The third-order valence-electron chi connectivity index (χ3n) is 4.66. The number of benzene rings is 2. The molecular weight excluding hydrogens is 340 g/mol. The van der Waals surface area contributed by atoms with E-state index in [0.29, 0.717) is 6.61 Å². The fraction of sp³-hybridized carbons (Fsp3) is 0.273. The molecule has 4 heteroatoms. The lowest BCUT2D eigenvalue weighted by molar-refractivity contribution is 0.308. The number of rotatable bonds is 5. The molecule has 2 aromatic carbocycles. The van der Waals surface area contributed by atoms with Crippen molar-refractivity contribution in [1.82, 2.24) is 4.98 Å². The Bertz CT molecular complexity index is 966. The number of nitrogens with one attached hydrogen (secondary N) is 1. The minimum atomic E-state index is 0.520. The molecule has 26 heavy (non-hydrogen) atoms. The van der Waals surface area contributed by atoms with Crippen LogP contribution in [0.5, 0.6) is 5.75 Å². The number of aryl methyl sites for hydroxylation is 2. The molecule has 1 N–H and O–H groups in total. The molecule has 0 aliphatic carbocycles. The van der Waals surface area contributed by atoms with E-state index in [1.54, 1.807) is 0 Å². The van der Waals surface area contributed by atoms with E-state index in [1.165, 1.54) is 16.7 Å². The van der Waals surface area contributed by atoms with E-state index in [9.17, 15) is 0 Å². The third kappa shape index (κ3) is 3.86. The topological polar surface area (TPSA) is 34.1 Å². The molecule has 1 aromatic heterocycles. The first kappa shape index (κ1) is 18.3. The quantitative estimate of drug-likeness (QED) is 0.573. The molecular formula is C22H24N2OS. The van der Waals surface area contributed by atoms with Gasteiger partial charge in [0.1, 0.15) is 12.4 Å². The maximum absolute atomic E-state index is 6.22. The van der Waals surface area contributed by atoms with Gasteiger partial charge < -0.3 is 10.1 Å². The molecule has 0 bridgehead atoms. The average molecular weight is 365 g/mol. The van der Waals surface area contributed by atoms with Gasteiger partial charge in [0.15, 0.2) is 0 Å². The number of hydrogen-bond donors (Lipinski definition) is 1. The highest BCUT2D eigenvalue weighted by Gasteiger charge is 2.10. The van der Waals surface area contributed by atoms with Crippen LogP contribution >= 0.6 is 12.2 Å². The second-order valence-electron chi connectivity index (χ2n) is 6.53. The van der Waals surface area contributed by atoms with Gasteiger partial charge in [-0.25, -0.2) is 0 Å². The van der Waals surface area contributed by atoms with Gasteiger partial charge in [-0.05, 0) is 62.1 Å². The molecule has 3 aromatic rings. The van der Waals surface area contributed by atoms with Crippen LogP contribution in [0.25, 0.3) is 10.8 Å². The Morgan fingerprint density at radius 2 is 1.96 bits per heavy atom. The minimum Gasteiger partial charge on any atom is -0.488 e. The molecule has 1 heterocycles. The fourth-order valence-corrected chi connectivity index (χ4v) is 3.12. The Hall–Kier alpha value is -2.46. The summed E-state index contributed by atoms with van der Waals surface area (Å²) < 4.78 is 6.22. The van der Waals surface area contributed by atoms with Gasteiger partial charge >= 0.3 is 0 Å². The van der Waals surface area contributed by atoms with Crippen LogP contribution in [0.1, 0.15) is 35.7 Å². The van der Waals surface area contributed by atoms with Crippen LogP contribution in [0, 0.1) is 20.8 Å². The van der Waals surface area contributed by atoms with E-state index in [1.807, 2.05) is 25.3 Å². The van der Waals surface area contributed by atoms with E-state index >= 15 is 0 Å². The molecule has 0 spiro atoms. The van der Waals surface area contributed by atoms with Crippen LogP contribution in [0.4, 0.5) is 5.69 Å². The number of pyridine rings is 1. The molecule has 0 atom stereocenters. The summed E-state index contributed by atoms with van der Waals surface area (Å²) in [5.74, 6) is 0.884. The molecule has 0 amide bonds. The molecule has 3 nitrogen and oxygen atoms in total. The second-order valence-corrected chi connectivity index (χ2v) is 7.02. The van der Waals surface area contributed by atoms with Crippen molar-refractivity contribution in [3.05, 3.63) is 65.0 Å². The number of hydrogen-bond acceptors (Lipinski definition) is 3. The SMILES string of the molecule is CCC(=S)Nc1ccc(C)c(COc2cccc3cnc(C)cc23)c1C. The first-order chi connectivity index (χ1) is 12.5. The minimum absolute atomic E-state index is 0.520. The van der Waals surface area contributed by atoms with Gasteiger partial charge in [-0.1, -0.05) is 37.3 Å². The summed E-state index contributed by atoms with van der Waals surface area (Å²) in [4.78, 5) is 5.21. The van der Waals surface area contributed by atoms with E-state index in [0.717, 1.165) is 39.3 Å². The Morgan fingerprint density at radius 1 is 1.15 bits per heavy atom. The van der Waals surface area contributed by atoms with Crippen molar-refractivity contribution in [3.8, 4) is 5.75 Å². The highest BCUT2D eigenvalue weighted by atomic mass is 32.1. The van der Waals surface area contributed by atoms with Gasteiger partial charge in [-0.3, -0.25) is 4.98 Å². The molecule has 0 radical (unpaired) electrons. The molecule has 0 saturated heterocycles. The first-order valence-electron chi connectivity index (χ1n) is 8.86. The highest BCUT2D eigenvalue weighted by Crippen LogP contribution is 2.29. The fourth-order valence-electron chi connectivity index (χ4n) is 3.01. The van der Waals surface area contributed by atoms with Crippen LogP contribution in [-0.4, -0.2) is 9.97 Å². The van der Waals surface area contributed by atoms with E-state index in [2.05, 4.69) is 55.3 Å². The zero-order chi connectivity index (χ0) is 18.7. The van der Waals surface area contributed by atoms with Crippen LogP contribution in [0.15, 0.2) is 42.6 Å². The number of fused-ring (bicyclic) bond motifs is 1. The van der Waals surface area contributed by atoms with Gasteiger partial charge in [0.05, 0.1) is 4.99 Å². The van der Waals surface area contributed by atoms with Crippen LogP contribution in [0.3, 0.4) is 0 Å². The van der Waals surface area contributed by atoms with Gasteiger partial charge in [0.2, 0.25) is 0 Å². The van der Waals surface area contributed by atoms with Crippen molar-refractivity contribution in [1.29, 1.82) is 0 Å². The summed E-state index contributed by atoms with van der Waals surface area (Å²) in [6.45, 7) is 8.80.